The molecular weight excluding hydrogens is 398 g/mol. The van der Waals surface area contributed by atoms with E-state index in [9.17, 15) is 14.4 Å². The number of unbranched alkanes of at least 4 members (excludes halogenated alkanes) is 5. The summed E-state index contributed by atoms with van der Waals surface area (Å²) in [7, 11) is 0. The van der Waals surface area contributed by atoms with Crippen molar-refractivity contribution in [3.63, 3.8) is 0 Å². The van der Waals surface area contributed by atoms with Gasteiger partial charge < -0.3 is 27.2 Å². The summed E-state index contributed by atoms with van der Waals surface area (Å²) in [5.41, 5.74) is 11.1. The number of carboxylic acids is 1. The van der Waals surface area contributed by atoms with Crippen molar-refractivity contribution < 1.29 is 19.5 Å². The lowest BCUT2D eigenvalue weighted by atomic mass is 10.1. The van der Waals surface area contributed by atoms with Crippen LogP contribution in [-0.2, 0) is 9.59 Å². The molecule has 0 saturated carbocycles. The molecule has 1 aromatic rings. The Kier molecular flexibility index (Phi) is 13.1. The molecule has 0 unspecified atom stereocenters. The quantitative estimate of drug-likeness (QED) is 0.152. The van der Waals surface area contributed by atoms with E-state index in [4.69, 9.17) is 16.6 Å². The molecule has 0 bridgehead atoms. The van der Waals surface area contributed by atoms with Crippen LogP contribution < -0.4 is 22.1 Å². The highest BCUT2D eigenvalue weighted by Gasteiger charge is 2.20. The van der Waals surface area contributed by atoms with Gasteiger partial charge >= 0.3 is 5.97 Å². The summed E-state index contributed by atoms with van der Waals surface area (Å²) in [5, 5.41) is 14.3. The number of nitrogens with zero attached hydrogens (tertiary/aromatic N) is 1. The normalized spacial score (nSPS) is 11.4. The van der Waals surface area contributed by atoms with Gasteiger partial charge in [0.25, 0.3) is 5.91 Å². The van der Waals surface area contributed by atoms with Crippen molar-refractivity contribution >= 4 is 23.7 Å². The van der Waals surface area contributed by atoms with Crippen LogP contribution in [0.4, 0.5) is 0 Å². The topological polar surface area (TPSA) is 160 Å². The van der Waals surface area contributed by atoms with Crippen LogP contribution in [0.25, 0.3) is 0 Å². The van der Waals surface area contributed by atoms with Crippen LogP contribution in [0.1, 0.15) is 68.1 Å². The van der Waals surface area contributed by atoms with Gasteiger partial charge in [0.15, 0.2) is 5.96 Å². The van der Waals surface area contributed by atoms with Crippen molar-refractivity contribution in [1.29, 1.82) is 0 Å². The summed E-state index contributed by atoms with van der Waals surface area (Å²) in [6.07, 6.45) is 6.58. The van der Waals surface area contributed by atoms with Gasteiger partial charge in [-0.3, -0.25) is 19.4 Å². The number of amides is 2. The molecule has 0 aliphatic carbocycles. The molecule has 2 amide bonds. The van der Waals surface area contributed by atoms with Gasteiger partial charge in [0.2, 0.25) is 5.91 Å². The fourth-order valence-electron chi connectivity index (χ4n) is 3.05. The summed E-state index contributed by atoms with van der Waals surface area (Å²) in [6.45, 7) is 0.911. The third-order valence-corrected chi connectivity index (χ3v) is 4.72. The van der Waals surface area contributed by atoms with Crippen LogP contribution in [-0.4, -0.2) is 48.0 Å². The molecular formula is C22H35N5O4. The van der Waals surface area contributed by atoms with Crippen LogP contribution >= 0.6 is 0 Å². The maximum Gasteiger partial charge on any atom is 0.303 e. The zero-order valence-corrected chi connectivity index (χ0v) is 18.0. The highest BCUT2D eigenvalue weighted by Crippen LogP contribution is 2.07. The van der Waals surface area contributed by atoms with E-state index in [2.05, 4.69) is 15.6 Å². The lowest BCUT2D eigenvalue weighted by Gasteiger charge is -2.18. The second-order valence-electron chi connectivity index (χ2n) is 7.40. The number of hydrogen-bond donors (Lipinski definition) is 5. The Morgan fingerprint density at radius 2 is 1.58 bits per heavy atom. The molecule has 0 aromatic heterocycles. The van der Waals surface area contributed by atoms with Crippen LogP contribution in [0.2, 0.25) is 0 Å². The van der Waals surface area contributed by atoms with Gasteiger partial charge in [-0.2, -0.15) is 0 Å². The second kappa shape index (κ2) is 15.7. The smallest absolute Gasteiger partial charge is 0.303 e. The van der Waals surface area contributed by atoms with E-state index in [1.165, 1.54) is 0 Å². The summed E-state index contributed by atoms with van der Waals surface area (Å²) >= 11 is 0. The molecule has 31 heavy (non-hydrogen) atoms. The number of carbonyl (C=O) groups excluding carboxylic acids is 2. The third kappa shape index (κ3) is 12.9. The number of hydrogen-bond acceptors (Lipinski definition) is 4. The molecule has 0 aliphatic rings. The number of carboxylic acid groups (broad SMARTS) is 1. The molecule has 1 aromatic carbocycles. The lowest BCUT2D eigenvalue weighted by Crippen LogP contribution is -2.47. The molecule has 0 fully saturated rings. The van der Waals surface area contributed by atoms with E-state index in [-0.39, 0.29) is 24.2 Å². The average molecular weight is 434 g/mol. The Labute approximate surface area is 183 Å². The lowest BCUT2D eigenvalue weighted by molar-refractivity contribution is -0.137. The second-order valence-corrected chi connectivity index (χ2v) is 7.40. The Bertz CT molecular complexity index is 705. The Morgan fingerprint density at radius 3 is 2.23 bits per heavy atom. The zero-order valence-electron chi connectivity index (χ0n) is 18.0. The predicted molar refractivity (Wildman–Crippen MR) is 121 cm³/mol. The van der Waals surface area contributed by atoms with Crippen molar-refractivity contribution in [3.8, 4) is 0 Å². The highest BCUT2D eigenvalue weighted by molar-refractivity contribution is 5.97. The SMILES string of the molecule is NC(N)=NCCC[C@H](NC(=O)c1ccccc1)C(=O)NCCCCCCCCC(=O)O. The first-order chi connectivity index (χ1) is 14.9. The summed E-state index contributed by atoms with van der Waals surface area (Å²) < 4.78 is 0. The number of carbonyl (C=O) groups is 3. The maximum atomic E-state index is 12.6. The summed E-state index contributed by atoms with van der Waals surface area (Å²) in [6, 6.07) is 8.08. The molecule has 7 N–H and O–H groups in total. The third-order valence-electron chi connectivity index (χ3n) is 4.72. The number of rotatable bonds is 16. The monoisotopic (exact) mass is 433 g/mol. The molecule has 0 aliphatic heterocycles. The van der Waals surface area contributed by atoms with Crippen LogP contribution in [0, 0.1) is 0 Å². The van der Waals surface area contributed by atoms with Crippen LogP contribution in [0.5, 0.6) is 0 Å². The first-order valence-corrected chi connectivity index (χ1v) is 10.8. The average Bonchev–Trinajstić information content (AvgIpc) is 2.74. The minimum atomic E-state index is -0.755. The Balaban J connectivity index is 2.39. The minimum absolute atomic E-state index is 0.00252. The number of aliphatic carboxylic acids is 1. The first-order valence-electron chi connectivity index (χ1n) is 10.8. The van der Waals surface area contributed by atoms with Gasteiger partial charge in [-0.25, -0.2) is 0 Å². The molecule has 1 rings (SSSR count). The van der Waals surface area contributed by atoms with E-state index in [0.29, 0.717) is 37.9 Å². The van der Waals surface area contributed by atoms with E-state index in [1.807, 2.05) is 6.07 Å². The van der Waals surface area contributed by atoms with E-state index >= 15 is 0 Å². The molecule has 0 heterocycles. The van der Waals surface area contributed by atoms with Gasteiger partial charge in [0, 0.05) is 25.1 Å². The molecule has 9 heteroatoms. The molecule has 9 nitrogen and oxygen atoms in total. The number of guanidine groups is 1. The molecule has 1 atom stereocenters. The minimum Gasteiger partial charge on any atom is -0.481 e. The maximum absolute atomic E-state index is 12.6. The Hall–Kier alpha value is -3.10. The highest BCUT2D eigenvalue weighted by atomic mass is 16.4. The molecule has 0 radical (unpaired) electrons. The number of nitrogens with two attached hydrogens (primary N) is 2. The van der Waals surface area contributed by atoms with Crippen molar-refractivity contribution in [3.05, 3.63) is 35.9 Å². The standard InChI is InChI=1S/C22H35N5O4/c23-22(24)26-16-10-13-18(27-20(30)17-11-6-5-7-12-17)21(31)25-15-9-4-2-1-3-8-14-19(28)29/h5-7,11-12,18H,1-4,8-10,13-16H2,(H,25,31)(H,27,30)(H,28,29)(H4,23,24,26)/t18-/m0/s1. The largest absolute Gasteiger partial charge is 0.481 e. The van der Waals surface area contributed by atoms with Crippen molar-refractivity contribution in [1.82, 2.24) is 10.6 Å². The number of nitrogens with one attached hydrogen (secondary N) is 2. The van der Waals surface area contributed by atoms with Crippen molar-refractivity contribution in [2.45, 2.75) is 63.8 Å². The van der Waals surface area contributed by atoms with Gasteiger partial charge in [-0.1, -0.05) is 43.9 Å². The number of aliphatic imine (C=N–C) groups is 1. The summed E-state index contributed by atoms with van der Waals surface area (Å²) in [4.78, 5) is 39.4. The van der Waals surface area contributed by atoms with E-state index in [1.54, 1.807) is 24.3 Å². The molecule has 0 saturated heterocycles. The van der Waals surface area contributed by atoms with E-state index < -0.39 is 12.0 Å². The van der Waals surface area contributed by atoms with Gasteiger partial charge in [0.05, 0.1) is 0 Å². The fourth-order valence-corrected chi connectivity index (χ4v) is 3.05. The number of benzene rings is 1. The van der Waals surface area contributed by atoms with Crippen molar-refractivity contribution in [2.75, 3.05) is 13.1 Å². The molecule has 172 valence electrons. The van der Waals surface area contributed by atoms with Crippen LogP contribution in [0.3, 0.4) is 0 Å². The van der Waals surface area contributed by atoms with Gasteiger partial charge in [-0.05, 0) is 37.8 Å². The first kappa shape index (κ1) is 25.9. The summed E-state index contributed by atoms with van der Waals surface area (Å²) in [5.74, 6) is -1.29. The predicted octanol–water partition coefficient (Wildman–Crippen LogP) is 1.77. The Morgan fingerprint density at radius 1 is 0.935 bits per heavy atom. The molecule has 0 spiro atoms. The van der Waals surface area contributed by atoms with Gasteiger partial charge in [0.1, 0.15) is 6.04 Å². The zero-order chi connectivity index (χ0) is 22.9. The van der Waals surface area contributed by atoms with Crippen LogP contribution in [0.15, 0.2) is 35.3 Å². The fraction of sp³-hybridized carbons (Fsp3) is 0.545. The van der Waals surface area contributed by atoms with Gasteiger partial charge in [-0.15, -0.1) is 0 Å². The van der Waals surface area contributed by atoms with Crippen molar-refractivity contribution in [2.24, 2.45) is 16.5 Å². The van der Waals surface area contributed by atoms with E-state index in [0.717, 1.165) is 32.1 Å².